The molecule has 2 amide bonds. The van der Waals surface area contributed by atoms with Gasteiger partial charge in [0.1, 0.15) is 32.2 Å². The Bertz CT molecular complexity index is 818. The summed E-state index contributed by atoms with van der Waals surface area (Å²) < 4.78 is 0. The van der Waals surface area contributed by atoms with Gasteiger partial charge >= 0.3 is 0 Å². The first-order valence-corrected chi connectivity index (χ1v) is 11.4. The van der Waals surface area contributed by atoms with Gasteiger partial charge in [-0.2, -0.15) is 0 Å². The molecule has 0 spiro atoms. The Labute approximate surface area is 185 Å². The van der Waals surface area contributed by atoms with Crippen molar-refractivity contribution in [1.29, 1.82) is 0 Å². The molecule has 0 atom stereocenters. The minimum Gasteiger partial charge on any atom is -0.339 e. The maximum atomic E-state index is 12.8. The number of carbonyl (C=O) groups is 2. The van der Waals surface area contributed by atoms with Gasteiger partial charge < -0.3 is 19.6 Å². The number of hydrogen-bond acceptors (Lipinski definition) is 2. The van der Waals surface area contributed by atoms with Crippen LogP contribution in [0.2, 0.25) is 0 Å². The van der Waals surface area contributed by atoms with Crippen LogP contribution in [0.5, 0.6) is 0 Å². The molecule has 0 bridgehead atoms. The third kappa shape index (κ3) is 5.32. The highest BCUT2D eigenvalue weighted by Crippen LogP contribution is 2.18. The van der Waals surface area contributed by atoms with E-state index in [2.05, 4.69) is 60.7 Å². The second kappa shape index (κ2) is 10.1. The molecular weight excluding hydrogens is 388 g/mol. The summed E-state index contributed by atoms with van der Waals surface area (Å²) in [6.07, 6.45) is 0. The Balaban J connectivity index is 1.34. The molecule has 2 fully saturated rings. The fourth-order valence-corrected chi connectivity index (χ4v) is 4.94. The summed E-state index contributed by atoms with van der Waals surface area (Å²) in [5.41, 5.74) is 2.71. The van der Waals surface area contributed by atoms with Crippen LogP contribution in [0.15, 0.2) is 60.7 Å². The Hall–Kier alpha value is -2.70. The second-order valence-electron chi connectivity index (χ2n) is 8.73. The van der Waals surface area contributed by atoms with E-state index in [9.17, 15) is 9.59 Å². The highest BCUT2D eigenvalue weighted by molar-refractivity contribution is 5.78. The number of hydrogen-bond donors (Lipinski definition) is 2. The van der Waals surface area contributed by atoms with E-state index >= 15 is 0 Å². The van der Waals surface area contributed by atoms with Crippen LogP contribution < -0.4 is 9.80 Å². The van der Waals surface area contributed by atoms with Crippen LogP contribution in [0.4, 0.5) is 0 Å². The van der Waals surface area contributed by atoms with E-state index in [4.69, 9.17) is 0 Å². The predicted octanol–water partition coefficient (Wildman–Crippen LogP) is -0.750. The molecule has 0 aromatic heterocycles. The third-order valence-electron chi connectivity index (χ3n) is 6.75. The molecule has 0 saturated carbocycles. The van der Waals surface area contributed by atoms with Gasteiger partial charge in [0.05, 0.1) is 0 Å². The van der Waals surface area contributed by atoms with Gasteiger partial charge in [-0.3, -0.25) is 9.59 Å². The zero-order chi connectivity index (χ0) is 21.6. The molecule has 0 radical (unpaired) electrons. The number of amides is 2. The monoisotopic (exact) mass is 422 g/mol. The van der Waals surface area contributed by atoms with Gasteiger partial charge in [0.15, 0.2) is 6.54 Å². The van der Waals surface area contributed by atoms with E-state index in [1.54, 1.807) is 11.8 Å². The van der Waals surface area contributed by atoms with Crippen LogP contribution in [0, 0.1) is 0 Å². The van der Waals surface area contributed by atoms with Crippen molar-refractivity contribution in [2.24, 2.45) is 0 Å². The fraction of sp³-hybridized carbons (Fsp3) is 0.440. The van der Waals surface area contributed by atoms with Gasteiger partial charge in [-0.15, -0.1) is 0 Å². The first kappa shape index (κ1) is 21.5. The maximum Gasteiger partial charge on any atom is 0.277 e. The molecule has 2 saturated heterocycles. The zero-order valence-corrected chi connectivity index (χ0v) is 18.4. The summed E-state index contributed by atoms with van der Waals surface area (Å²) in [5.74, 6) is 0.326. The molecule has 2 aliphatic rings. The molecule has 0 aliphatic carbocycles. The van der Waals surface area contributed by atoms with Gasteiger partial charge in [-0.05, 0) is 0 Å². The first-order chi connectivity index (χ1) is 15.1. The van der Waals surface area contributed by atoms with Crippen molar-refractivity contribution in [3.63, 3.8) is 0 Å². The first-order valence-electron chi connectivity index (χ1n) is 11.4. The van der Waals surface area contributed by atoms with E-state index in [-0.39, 0.29) is 11.8 Å². The van der Waals surface area contributed by atoms with Crippen molar-refractivity contribution in [3.05, 3.63) is 71.8 Å². The van der Waals surface area contributed by atoms with Gasteiger partial charge in [0.2, 0.25) is 5.91 Å². The number of quaternary nitrogens is 2. The van der Waals surface area contributed by atoms with Gasteiger partial charge in [0.25, 0.3) is 5.91 Å². The molecule has 2 aliphatic heterocycles. The molecule has 0 unspecified atom stereocenters. The molecule has 2 aromatic rings. The summed E-state index contributed by atoms with van der Waals surface area (Å²) in [6, 6.07) is 21.9. The normalized spacial score (nSPS) is 21.9. The van der Waals surface area contributed by atoms with Crippen molar-refractivity contribution in [1.82, 2.24) is 9.80 Å². The maximum absolute atomic E-state index is 12.8. The summed E-state index contributed by atoms with van der Waals surface area (Å²) in [5, 5.41) is 0. The molecule has 6 heteroatoms. The summed E-state index contributed by atoms with van der Waals surface area (Å²) in [6.45, 7) is 8.91. The van der Waals surface area contributed by atoms with E-state index in [1.807, 2.05) is 9.80 Å². The molecule has 4 rings (SSSR count). The molecule has 2 heterocycles. The van der Waals surface area contributed by atoms with Gasteiger partial charge in [-0.1, -0.05) is 60.7 Å². The van der Waals surface area contributed by atoms with Gasteiger partial charge in [-0.25, -0.2) is 0 Å². The minimum absolute atomic E-state index is 0.100. The molecule has 2 aromatic carbocycles. The van der Waals surface area contributed by atoms with Crippen LogP contribution >= 0.6 is 0 Å². The number of benzene rings is 2. The molecule has 31 heavy (non-hydrogen) atoms. The standard InChI is InChI=1S/C25H32N4O2/c1-21(30)27-16-18-28(19-17-27)24(31)20-26-12-14-29(15-13-26)25(22-8-4-2-5-9-22)23-10-6-3-7-11-23/h2-11,25H,12-20H2,1H3/p+2. The van der Waals surface area contributed by atoms with Crippen LogP contribution in [-0.4, -0.2) is 80.5 Å². The van der Waals surface area contributed by atoms with E-state index in [0.717, 1.165) is 26.2 Å². The molecule has 164 valence electrons. The fourth-order valence-electron chi connectivity index (χ4n) is 4.94. The lowest BCUT2D eigenvalue weighted by Crippen LogP contribution is -3.28. The minimum atomic E-state index is 0.100. The highest BCUT2D eigenvalue weighted by Gasteiger charge is 2.33. The van der Waals surface area contributed by atoms with Crippen LogP contribution in [0.1, 0.15) is 24.1 Å². The van der Waals surface area contributed by atoms with Crippen LogP contribution in [0.3, 0.4) is 0 Å². The van der Waals surface area contributed by atoms with Crippen molar-refractivity contribution >= 4 is 11.8 Å². The molecule has 6 nitrogen and oxygen atoms in total. The zero-order valence-electron chi connectivity index (χ0n) is 18.4. The van der Waals surface area contributed by atoms with Crippen LogP contribution in [-0.2, 0) is 9.59 Å². The topological polar surface area (TPSA) is 49.5 Å². The van der Waals surface area contributed by atoms with Crippen molar-refractivity contribution in [3.8, 4) is 0 Å². The SMILES string of the molecule is CC(=O)N1CCN(C(=O)C[NH+]2CC[NH+](C(c3ccccc3)c3ccccc3)CC2)CC1. The van der Waals surface area contributed by atoms with E-state index in [0.29, 0.717) is 38.8 Å². The molecular formula is C25H34N4O2+2. The lowest BCUT2D eigenvalue weighted by molar-refractivity contribution is -1.02. The summed E-state index contributed by atoms with van der Waals surface area (Å²) in [7, 11) is 0. The smallest absolute Gasteiger partial charge is 0.277 e. The quantitative estimate of drug-likeness (QED) is 0.666. The van der Waals surface area contributed by atoms with Crippen molar-refractivity contribution in [2.75, 3.05) is 58.9 Å². The number of nitrogens with zero attached hydrogens (tertiary/aromatic N) is 2. The Morgan fingerprint density at radius 3 is 1.74 bits per heavy atom. The largest absolute Gasteiger partial charge is 0.339 e. The third-order valence-corrected chi connectivity index (χ3v) is 6.75. The lowest BCUT2D eigenvalue weighted by atomic mass is 9.96. The summed E-state index contributed by atoms with van der Waals surface area (Å²) in [4.78, 5) is 31.0. The Morgan fingerprint density at radius 2 is 1.26 bits per heavy atom. The van der Waals surface area contributed by atoms with Crippen LogP contribution in [0.25, 0.3) is 0 Å². The number of piperazine rings is 2. The second-order valence-corrected chi connectivity index (χ2v) is 8.73. The number of nitrogens with one attached hydrogen (secondary N) is 2. The Kier molecular flexibility index (Phi) is 6.99. The number of carbonyl (C=O) groups excluding carboxylic acids is 2. The predicted molar refractivity (Wildman–Crippen MR) is 120 cm³/mol. The highest BCUT2D eigenvalue weighted by atomic mass is 16.2. The average Bonchev–Trinajstić information content (AvgIpc) is 2.82. The van der Waals surface area contributed by atoms with Crippen molar-refractivity contribution in [2.45, 2.75) is 13.0 Å². The van der Waals surface area contributed by atoms with Gasteiger partial charge in [0, 0.05) is 44.2 Å². The average molecular weight is 423 g/mol. The van der Waals surface area contributed by atoms with E-state index in [1.165, 1.54) is 16.0 Å². The number of rotatable bonds is 5. The van der Waals surface area contributed by atoms with E-state index < -0.39 is 0 Å². The summed E-state index contributed by atoms with van der Waals surface area (Å²) >= 11 is 0. The van der Waals surface area contributed by atoms with Crippen molar-refractivity contribution < 1.29 is 19.4 Å². The Morgan fingerprint density at radius 1 is 0.774 bits per heavy atom. The lowest BCUT2D eigenvalue weighted by Gasteiger charge is -2.37. The molecule has 2 N–H and O–H groups in total.